The first-order chi connectivity index (χ1) is 11.2. The van der Waals surface area contributed by atoms with Crippen LogP contribution < -0.4 is 15.4 Å². The lowest BCUT2D eigenvalue weighted by molar-refractivity contribution is -0.121. The Labute approximate surface area is 145 Å². The molecule has 0 fully saturated rings. The van der Waals surface area contributed by atoms with E-state index in [0.29, 0.717) is 31.4 Å². The molecule has 1 atom stereocenters. The molecule has 0 heterocycles. The molecule has 0 aliphatic carbocycles. The van der Waals surface area contributed by atoms with Gasteiger partial charge in [-0.05, 0) is 57.4 Å². The van der Waals surface area contributed by atoms with Gasteiger partial charge in [-0.2, -0.15) is 12.6 Å². The van der Waals surface area contributed by atoms with Crippen molar-refractivity contribution in [3.63, 3.8) is 0 Å². The molecule has 0 bridgehead atoms. The van der Waals surface area contributed by atoms with Gasteiger partial charge >= 0.3 is 0 Å². The van der Waals surface area contributed by atoms with Crippen LogP contribution in [0.15, 0.2) is 24.3 Å². The van der Waals surface area contributed by atoms with Gasteiger partial charge in [0, 0.05) is 24.8 Å². The zero-order chi connectivity index (χ0) is 16.9. The van der Waals surface area contributed by atoms with Gasteiger partial charge in [-0.25, -0.2) is 0 Å². The van der Waals surface area contributed by atoms with E-state index in [0.717, 1.165) is 31.4 Å². The number of thiol groups is 1. The van der Waals surface area contributed by atoms with E-state index in [2.05, 4.69) is 42.3 Å². The number of carbonyl (C=O) groups excluding carboxylic acids is 1. The van der Waals surface area contributed by atoms with Crippen LogP contribution in [-0.2, 0) is 11.2 Å². The second-order valence-corrected chi connectivity index (χ2v) is 6.22. The van der Waals surface area contributed by atoms with Crippen LogP contribution in [0, 0.1) is 0 Å². The Morgan fingerprint density at radius 2 is 2.13 bits per heavy atom. The smallest absolute Gasteiger partial charge is 0.220 e. The maximum absolute atomic E-state index is 11.4. The molecule has 0 radical (unpaired) electrons. The summed E-state index contributed by atoms with van der Waals surface area (Å²) in [5, 5.41) is 6.07. The van der Waals surface area contributed by atoms with Crippen molar-refractivity contribution in [2.75, 3.05) is 26.0 Å². The summed E-state index contributed by atoms with van der Waals surface area (Å²) < 4.78 is 5.80. The van der Waals surface area contributed by atoms with Crippen molar-refractivity contribution in [2.45, 2.75) is 45.1 Å². The highest BCUT2D eigenvalue weighted by molar-refractivity contribution is 7.80. The number of likely N-dealkylation sites (N-methyl/N-ethyl adjacent to an activating group) is 1. The van der Waals surface area contributed by atoms with Crippen LogP contribution in [0.4, 0.5) is 0 Å². The molecule has 130 valence electrons. The van der Waals surface area contributed by atoms with Crippen LogP contribution in [0.5, 0.6) is 5.75 Å². The van der Waals surface area contributed by atoms with E-state index in [1.54, 1.807) is 0 Å². The molecular formula is C18H30N2O2S. The highest BCUT2D eigenvalue weighted by Gasteiger charge is 2.03. The van der Waals surface area contributed by atoms with Crippen molar-refractivity contribution < 1.29 is 9.53 Å². The number of hydrogen-bond donors (Lipinski definition) is 3. The van der Waals surface area contributed by atoms with E-state index in [1.165, 1.54) is 5.56 Å². The van der Waals surface area contributed by atoms with Gasteiger partial charge in [0.25, 0.3) is 0 Å². The molecule has 1 amide bonds. The second kappa shape index (κ2) is 12.3. The fourth-order valence-corrected chi connectivity index (χ4v) is 2.37. The maximum Gasteiger partial charge on any atom is 0.220 e. The van der Waals surface area contributed by atoms with E-state index in [1.807, 2.05) is 19.2 Å². The van der Waals surface area contributed by atoms with Crippen molar-refractivity contribution in [1.29, 1.82) is 0 Å². The Morgan fingerprint density at radius 3 is 2.87 bits per heavy atom. The Morgan fingerprint density at radius 1 is 1.30 bits per heavy atom. The first kappa shape index (κ1) is 19.8. The first-order valence-corrected chi connectivity index (χ1v) is 9.05. The lowest BCUT2D eigenvalue weighted by atomic mass is 10.1. The van der Waals surface area contributed by atoms with Crippen molar-refractivity contribution in [1.82, 2.24) is 10.6 Å². The molecule has 5 heteroatoms. The summed E-state index contributed by atoms with van der Waals surface area (Å²) in [4.78, 5) is 11.4. The summed E-state index contributed by atoms with van der Waals surface area (Å²) in [6.07, 6.45) is 4.46. The highest BCUT2D eigenvalue weighted by atomic mass is 32.1. The number of ether oxygens (including phenoxy) is 1. The van der Waals surface area contributed by atoms with E-state index >= 15 is 0 Å². The minimum Gasteiger partial charge on any atom is -0.494 e. The third kappa shape index (κ3) is 9.51. The average molecular weight is 339 g/mol. The lowest BCUT2D eigenvalue weighted by Gasteiger charge is -2.12. The molecule has 0 saturated carbocycles. The van der Waals surface area contributed by atoms with Crippen LogP contribution in [0.3, 0.4) is 0 Å². The number of rotatable bonds is 12. The van der Waals surface area contributed by atoms with Crippen LogP contribution >= 0.6 is 12.6 Å². The molecule has 1 aromatic rings. The van der Waals surface area contributed by atoms with Crippen LogP contribution in [0.2, 0.25) is 0 Å². The Hall–Kier alpha value is -1.20. The van der Waals surface area contributed by atoms with Gasteiger partial charge in [-0.3, -0.25) is 4.79 Å². The molecule has 2 N–H and O–H groups in total. The Kier molecular flexibility index (Phi) is 10.6. The molecule has 0 unspecified atom stereocenters. The van der Waals surface area contributed by atoms with Gasteiger partial charge in [0.05, 0.1) is 6.61 Å². The quantitative estimate of drug-likeness (QED) is 0.406. The molecule has 1 aromatic carbocycles. The van der Waals surface area contributed by atoms with Crippen LogP contribution in [-0.4, -0.2) is 37.9 Å². The van der Waals surface area contributed by atoms with Crippen LogP contribution in [0.1, 0.15) is 38.2 Å². The van der Waals surface area contributed by atoms with Gasteiger partial charge in [0.1, 0.15) is 5.75 Å². The number of unbranched alkanes of at least 4 members (excludes halogenated alkanes) is 2. The maximum atomic E-state index is 11.4. The SMILES string of the molecule is CN[C@@H](C)Cc1cccc(OCCCCCC(=O)NCCS)c1. The third-order valence-corrected chi connectivity index (χ3v) is 3.91. The number of amides is 1. The lowest BCUT2D eigenvalue weighted by Crippen LogP contribution is -2.24. The fraction of sp³-hybridized carbons (Fsp3) is 0.611. The highest BCUT2D eigenvalue weighted by Crippen LogP contribution is 2.15. The minimum atomic E-state index is 0.117. The molecular weight excluding hydrogens is 308 g/mol. The van der Waals surface area contributed by atoms with E-state index in [9.17, 15) is 4.79 Å². The summed E-state index contributed by atoms with van der Waals surface area (Å²) in [5.74, 6) is 1.73. The molecule has 1 rings (SSSR count). The zero-order valence-corrected chi connectivity index (χ0v) is 15.2. The van der Waals surface area contributed by atoms with E-state index in [4.69, 9.17) is 4.74 Å². The Balaban J connectivity index is 2.16. The topological polar surface area (TPSA) is 50.4 Å². The van der Waals surface area contributed by atoms with Gasteiger partial charge in [-0.1, -0.05) is 12.1 Å². The zero-order valence-electron chi connectivity index (χ0n) is 14.3. The molecule has 0 aliphatic heterocycles. The summed E-state index contributed by atoms with van der Waals surface area (Å²) in [7, 11) is 1.98. The standard InChI is InChI=1S/C18H30N2O2S/c1-15(19-2)13-16-7-6-8-17(14-16)22-11-5-3-4-9-18(21)20-10-12-23/h6-8,14-15,19,23H,3-5,9-13H2,1-2H3,(H,20,21)/t15-/m0/s1. The number of nitrogens with one attached hydrogen (secondary N) is 2. The molecule has 4 nitrogen and oxygen atoms in total. The van der Waals surface area contributed by atoms with Gasteiger partial charge in [-0.15, -0.1) is 0 Å². The first-order valence-electron chi connectivity index (χ1n) is 8.42. The van der Waals surface area contributed by atoms with Crippen LogP contribution in [0.25, 0.3) is 0 Å². The van der Waals surface area contributed by atoms with Gasteiger partial charge in [0.2, 0.25) is 5.91 Å². The third-order valence-electron chi connectivity index (χ3n) is 3.68. The molecule has 0 saturated heterocycles. The second-order valence-electron chi connectivity index (χ2n) is 5.77. The predicted octanol–water partition coefficient (Wildman–Crippen LogP) is 2.82. The van der Waals surface area contributed by atoms with E-state index in [-0.39, 0.29) is 5.91 Å². The molecule has 0 spiro atoms. The van der Waals surface area contributed by atoms with Crippen molar-refractivity contribution in [3.8, 4) is 5.75 Å². The normalized spacial score (nSPS) is 12.0. The van der Waals surface area contributed by atoms with Crippen molar-refractivity contribution in [3.05, 3.63) is 29.8 Å². The molecule has 0 aliphatic rings. The average Bonchev–Trinajstić information content (AvgIpc) is 2.56. The fourth-order valence-electron chi connectivity index (χ4n) is 2.26. The largest absolute Gasteiger partial charge is 0.494 e. The summed E-state index contributed by atoms with van der Waals surface area (Å²) in [6, 6.07) is 8.74. The number of carbonyl (C=O) groups is 1. The van der Waals surface area contributed by atoms with E-state index < -0.39 is 0 Å². The number of hydrogen-bond acceptors (Lipinski definition) is 4. The predicted molar refractivity (Wildman–Crippen MR) is 99.5 cm³/mol. The van der Waals surface area contributed by atoms with Gasteiger partial charge < -0.3 is 15.4 Å². The summed E-state index contributed by atoms with van der Waals surface area (Å²) in [5.41, 5.74) is 1.28. The number of benzene rings is 1. The minimum absolute atomic E-state index is 0.117. The molecule has 0 aromatic heterocycles. The Bertz CT molecular complexity index is 454. The monoisotopic (exact) mass is 338 g/mol. The van der Waals surface area contributed by atoms with Crippen molar-refractivity contribution in [2.24, 2.45) is 0 Å². The van der Waals surface area contributed by atoms with Crippen molar-refractivity contribution >= 4 is 18.5 Å². The summed E-state index contributed by atoms with van der Waals surface area (Å²) in [6.45, 7) is 3.51. The summed E-state index contributed by atoms with van der Waals surface area (Å²) >= 11 is 4.06. The van der Waals surface area contributed by atoms with Gasteiger partial charge in [0.15, 0.2) is 0 Å². The molecule has 23 heavy (non-hydrogen) atoms.